The van der Waals surface area contributed by atoms with Gasteiger partial charge < -0.3 is 63.5 Å². The number of pyridine rings is 1. The topological polar surface area (TPSA) is 333 Å². The molecular formula is C58H70ClN11O10S2. The van der Waals surface area contributed by atoms with Crippen LogP contribution in [0.5, 0.6) is 0 Å². The van der Waals surface area contributed by atoms with Gasteiger partial charge in [-0.25, -0.2) is 4.79 Å². The van der Waals surface area contributed by atoms with Gasteiger partial charge in [-0.1, -0.05) is 90.5 Å². The number of likely N-dealkylation sites (N-methyl/N-ethyl adjacent to an activating group) is 1. The molecule has 2 heterocycles. The maximum atomic E-state index is 15.0. The van der Waals surface area contributed by atoms with Crippen LogP contribution >= 0.6 is 36.9 Å². The lowest BCUT2D eigenvalue weighted by molar-refractivity contribution is -0.143. The number of aliphatic hydroxyl groups excluding tert-OH is 1. The van der Waals surface area contributed by atoms with Crippen LogP contribution in [-0.4, -0.2) is 152 Å². The predicted molar refractivity (Wildman–Crippen MR) is 319 cm³/mol. The summed E-state index contributed by atoms with van der Waals surface area (Å²) in [5.74, 6) is -7.59. The summed E-state index contributed by atoms with van der Waals surface area (Å²) in [6.45, 7) is 1.47. The molecule has 0 bridgehead atoms. The van der Waals surface area contributed by atoms with E-state index in [2.05, 4.69) is 67.1 Å². The number of aliphatic carboxylic acids is 1. The summed E-state index contributed by atoms with van der Waals surface area (Å²) in [5.41, 5.74) is 15.4. The van der Waals surface area contributed by atoms with Gasteiger partial charge in [-0.2, -0.15) is 25.3 Å². The van der Waals surface area contributed by atoms with E-state index in [-0.39, 0.29) is 50.2 Å². The molecular weight excluding hydrogens is 1110 g/mol. The minimum absolute atomic E-state index is 0.0181. The maximum absolute atomic E-state index is 15.0. The second kappa shape index (κ2) is 31.0. The molecule has 0 fully saturated rings. The number of aliphatic hydroxyl groups is 1. The van der Waals surface area contributed by atoms with E-state index < -0.39 is 102 Å². The number of fused-ring (bicyclic) bond motifs is 2. The molecule has 7 amide bonds. The Morgan fingerprint density at radius 2 is 1.24 bits per heavy atom. The largest absolute Gasteiger partial charge is 0.480 e. The Hall–Kier alpha value is -7.54. The van der Waals surface area contributed by atoms with Crippen molar-refractivity contribution in [1.29, 1.82) is 0 Å². The number of nitrogens with zero attached hydrogens (tertiary/aromatic N) is 2. The number of aromatic nitrogens is 2. The van der Waals surface area contributed by atoms with E-state index in [0.29, 0.717) is 34.6 Å². The third kappa shape index (κ3) is 18.0. The summed E-state index contributed by atoms with van der Waals surface area (Å²) < 4.78 is 0. The number of benzene rings is 4. The number of H-pyrrole nitrogens is 1. The van der Waals surface area contributed by atoms with Crippen molar-refractivity contribution < 1.29 is 48.6 Å². The number of carbonyl (C=O) groups is 8. The average Bonchev–Trinajstić information content (AvgIpc) is 3.94. The van der Waals surface area contributed by atoms with Crippen LogP contribution in [0.25, 0.3) is 21.7 Å². The quantitative estimate of drug-likeness (QED) is 0.0228. The lowest BCUT2D eigenvalue weighted by Crippen LogP contribution is -2.62. The molecule has 6 aromatic rings. The highest BCUT2D eigenvalue weighted by atomic mass is 35.5. The number of carbonyl (C=O) groups excluding carboxylic acids is 7. The summed E-state index contributed by atoms with van der Waals surface area (Å²) in [6, 6.07) is 19.3. The third-order valence-corrected chi connectivity index (χ3v) is 14.8. The molecule has 9 atom stereocenters. The molecule has 0 radical (unpaired) electrons. The minimum atomic E-state index is -1.71. The van der Waals surface area contributed by atoms with Gasteiger partial charge in [-0.05, 0) is 96.4 Å². The van der Waals surface area contributed by atoms with Crippen molar-refractivity contribution in [2.24, 2.45) is 11.5 Å². The SMILES string of the molecule is C[C@@H](O)[C@H](NC(=O)[C@H](CCCCN)NC(=O)[C@@H](Cc1c[nH]c2ccccc12)N(C)C(=O)[C@H](Cc1cccnc1)NC(=O)[C@@H](CS)NC(=O)[C@@H](N)Cc1ccc(Cl)cc1)C(=O)N[C@@H](CS)C(=O)N[C@@H](Cc1ccc2ccccc2c1)C(=O)O. The number of carboxylic acids is 1. The average molecular weight is 1180 g/mol. The lowest BCUT2D eigenvalue weighted by atomic mass is 9.99. The van der Waals surface area contributed by atoms with Crippen LogP contribution in [0.1, 0.15) is 48.4 Å². The van der Waals surface area contributed by atoms with Crippen LogP contribution < -0.4 is 43.4 Å². The van der Waals surface area contributed by atoms with E-state index in [9.17, 15) is 43.8 Å². The standard InChI is InChI=1S/C58H70ClN11O10S2/c1-33(71)50(56(77)68-48(32-82)54(75)66-46(58(79)80)26-35-16-19-37-11-3-4-12-38(37)24-35)69-52(73)44(15-7-8-22-60)64-55(76)49(28-39-30-63-43-14-6-5-13-41(39)43)70(2)57(78)45(27-36-10-9-23-62-29-36)65-53(74)47(31-81)67-51(72)42(61)25-34-17-20-40(59)21-18-34/h3-6,9-14,16-21,23-24,29-30,33,42,44-50,63,71,81-82H,7-8,15,22,25-28,31-32,60-61H2,1-2H3,(H,64,76)(H,65,74)(H,66,75)(H,67,72)(H,68,77)(H,69,73)(H,79,80)/t33-,42+,44+,45+,46+,47-,48+,49-,50+/m1/s1. The Balaban J connectivity index is 1.21. The molecule has 6 rings (SSSR count). The van der Waals surface area contributed by atoms with Crippen molar-refractivity contribution in [2.75, 3.05) is 25.1 Å². The number of nitrogens with two attached hydrogens (primary N) is 2. The highest BCUT2D eigenvalue weighted by molar-refractivity contribution is 7.80. The first-order chi connectivity index (χ1) is 39.3. The molecule has 0 aliphatic heterocycles. The van der Waals surface area contributed by atoms with E-state index in [0.717, 1.165) is 32.1 Å². The van der Waals surface area contributed by atoms with Gasteiger partial charge in [0.2, 0.25) is 41.4 Å². The van der Waals surface area contributed by atoms with Gasteiger partial charge in [0.15, 0.2) is 0 Å². The predicted octanol–water partition coefficient (Wildman–Crippen LogP) is 2.16. The molecule has 21 nitrogen and oxygen atoms in total. The maximum Gasteiger partial charge on any atom is 0.326 e. The Labute approximate surface area is 490 Å². The highest BCUT2D eigenvalue weighted by Gasteiger charge is 2.38. The second-order valence-electron chi connectivity index (χ2n) is 19.9. The molecule has 82 heavy (non-hydrogen) atoms. The zero-order chi connectivity index (χ0) is 59.5. The number of amides is 7. The van der Waals surface area contributed by atoms with E-state index in [1.807, 2.05) is 60.7 Å². The van der Waals surface area contributed by atoms with E-state index in [4.69, 9.17) is 23.1 Å². The Morgan fingerprint density at radius 1 is 0.646 bits per heavy atom. The normalized spacial score (nSPS) is 14.6. The first-order valence-corrected chi connectivity index (χ1v) is 28.3. The van der Waals surface area contributed by atoms with Crippen molar-refractivity contribution in [3.05, 3.63) is 149 Å². The molecule has 436 valence electrons. The van der Waals surface area contributed by atoms with Crippen molar-refractivity contribution >= 4 is 106 Å². The number of hydrogen-bond acceptors (Lipinski definition) is 14. The van der Waals surface area contributed by atoms with Crippen LogP contribution in [0.15, 0.2) is 122 Å². The zero-order valence-electron chi connectivity index (χ0n) is 45.3. The van der Waals surface area contributed by atoms with Crippen LogP contribution in [0.2, 0.25) is 5.02 Å². The summed E-state index contributed by atoms with van der Waals surface area (Å²) >= 11 is 14.6. The molecule has 24 heteroatoms. The number of rotatable bonds is 30. The van der Waals surface area contributed by atoms with Crippen LogP contribution in [0.3, 0.4) is 0 Å². The van der Waals surface area contributed by atoms with Crippen LogP contribution in [-0.2, 0) is 64.0 Å². The molecule has 0 aliphatic rings. The van der Waals surface area contributed by atoms with Crippen molar-refractivity contribution in [3.63, 3.8) is 0 Å². The number of halogens is 1. The third-order valence-electron chi connectivity index (χ3n) is 13.8. The number of nitrogens with one attached hydrogen (secondary N) is 7. The molecule has 0 saturated heterocycles. The number of unbranched alkanes of at least 4 members (excludes halogenated alkanes) is 1. The van der Waals surface area contributed by atoms with E-state index in [1.165, 1.54) is 26.4 Å². The molecule has 13 N–H and O–H groups in total. The first kappa shape index (κ1) is 63.6. The zero-order valence-corrected chi connectivity index (χ0v) is 47.8. The Bertz CT molecular complexity index is 3170. The van der Waals surface area contributed by atoms with Gasteiger partial charge in [0.1, 0.15) is 42.3 Å². The Morgan fingerprint density at radius 3 is 1.89 bits per heavy atom. The minimum Gasteiger partial charge on any atom is -0.480 e. The number of thiol groups is 2. The molecule has 0 aliphatic carbocycles. The van der Waals surface area contributed by atoms with Gasteiger partial charge >= 0.3 is 5.97 Å². The fourth-order valence-electron chi connectivity index (χ4n) is 9.20. The van der Waals surface area contributed by atoms with Gasteiger partial charge in [0.25, 0.3) is 0 Å². The summed E-state index contributed by atoms with van der Waals surface area (Å²) in [6.07, 6.45) is 3.71. The van der Waals surface area contributed by atoms with Crippen molar-refractivity contribution in [2.45, 2.75) is 106 Å². The lowest BCUT2D eigenvalue weighted by Gasteiger charge is -2.33. The second-order valence-corrected chi connectivity index (χ2v) is 21.1. The monoisotopic (exact) mass is 1180 g/mol. The van der Waals surface area contributed by atoms with E-state index in [1.54, 1.807) is 48.7 Å². The van der Waals surface area contributed by atoms with Gasteiger partial charge in [0.05, 0.1) is 12.1 Å². The Kier molecular flexibility index (Phi) is 24.1. The number of para-hydroxylation sites is 1. The van der Waals surface area contributed by atoms with Crippen molar-refractivity contribution in [3.8, 4) is 0 Å². The number of hydrogen-bond donors (Lipinski definition) is 13. The molecule has 2 aromatic heterocycles. The van der Waals surface area contributed by atoms with Crippen molar-refractivity contribution in [1.82, 2.24) is 46.8 Å². The van der Waals surface area contributed by atoms with E-state index >= 15 is 4.79 Å². The summed E-state index contributed by atoms with van der Waals surface area (Å²) in [5, 5.41) is 39.7. The summed E-state index contributed by atoms with van der Waals surface area (Å²) in [7, 11) is 1.38. The van der Waals surface area contributed by atoms with Gasteiger partial charge in [0, 0.05) is 72.3 Å². The van der Waals surface area contributed by atoms with Crippen LogP contribution in [0, 0.1) is 0 Å². The fraction of sp³-hybridized carbons (Fsp3) is 0.362. The molecule has 4 aromatic carbocycles. The molecule has 0 unspecified atom stereocenters. The van der Waals surface area contributed by atoms with Crippen LogP contribution in [0.4, 0.5) is 0 Å². The fourth-order valence-corrected chi connectivity index (χ4v) is 9.84. The molecule has 0 saturated carbocycles. The van der Waals surface area contributed by atoms with Gasteiger partial charge in [-0.15, -0.1) is 0 Å². The first-order valence-electron chi connectivity index (χ1n) is 26.6. The number of aromatic amines is 1. The summed E-state index contributed by atoms with van der Waals surface area (Å²) in [4.78, 5) is 120. The van der Waals surface area contributed by atoms with Gasteiger partial charge in [-0.3, -0.25) is 38.5 Å². The highest BCUT2D eigenvalue weighted by Crippen LogP contribution is 2.23. The smallest absolute Gasteiger partial charge is 0.326 e. The molecule has 0 spiro atoms. The number of carboxylic acid groups (broad SMARTS) is 1.